The molecule has 1 N–H and O–H groups in total. The Bertz CT molecular complexity index is 1700. The number of amides is 2. The van der Waals surface area contributed by atoms with E-state index in [1.165, 1.54) is 17.0 Å². The Hall–Kier alpha value is -4.14. The maximum atomic E-state index is 14.5. The van der Waals surface area contributed by atoms with Gasteiger partial charge in [-0.2, -0.15) is 0 Å². The molecular formula is C35H38ClN3O4S. The van der Waals surface area contributed by atoms with Gasteiger partial charge in [0.1, 0.15) is 12.6 Å². The Labute approximate surface area is 265 Å². The van der Waals surface area contributed by atoms with Gasteiger partial charge in [0.15, 0.2) is 0 Å². The lowest BCUT2D eigenvalue weighted by Crippen LogP contribution is -2.54. The van der Waals surface area contributed by atoms with Crippen molar-refractivity contribution in [1.82, 2.24) is 10.2 Å². The Morgan fingerprint density at radius 3 is 2.07 bits per heavy atom. The van der Waals surface area contributed by atoms with Crippen LogP contribution in [0, 0.1) is 13.8 Å². The fraction of sp³-hybridized carbons (Fsp3) is 0.257. The summed E-state index contributed by atoms with van der Waals surface area (Å²) in [6.07, 6.45) is 0.249. The van der Waals surface area contributed by atoms with Crippen LogP contribution in [0.15, 0.2) is 108 Å². The zero-order valence-electron chi connectivity index (χ0n) is 25.4. The fourth-order valence-electron chi connectivity index (χ4n) is 5.00. The van der Waals surface area contributed by atoms with Gasteiger partial charge in [0.2, 0.25) is 11.8 Å². The van der Waals surface area contributed by atoms with Crippen molar-refractivity contribution in [3.8, 4) is 0 Å². The molecule has 44 heavy (non-hydrogen) atoms. The number of hydrogen-bond acceptors (Lipinski definition) is 4. The number of nitrogens with zero attached hydrogens (tertiary/aromatic N) is 2. The molecule has 2 amide bonds. The van der Waals surface area contributed by atoms with Crippen molar-refractivity contribution in [1.29, 1.82) is 0 Å². The summed E-state index contributed by atoms with van der Waals surface area (Å²) in [5.74, 6) is -0.839. The zero-order valence-corrected chi connectivity index (χ0v) is 27.0. The first-order valence-electron chi connectivity index (χ1n) is 14.5. The molecule has 9 heteroatoms. The lowest BCUT2D eigenvalue weighted by atomic mass is 10.0. The average Bonchev–Trinajstić information content (AvgIpc) is 3.00. The predicted molar refractivity (Wildman–Crippen MR) is 176 cm³/mol. The van der Waals surface area contributed by atoms with E-state index in [1.807, 2.05) is 75.4 Å². The number of sulfonamides is 1. The first kappa shape index (κ1) is 32.8. The van der Waals surface area contributed by atoms with Crippen LogP contribution in [0.25, 0.3) is 0 Å². The van der Waals surface area contributed by atoms with E-state index in [-0.39, 0.29) is 35.5 Å². The van der Waals surface area contributed by atoms with Crippen LogP contribution >= 0.6 is 11.6 Å². The molecule has 230 valence electrons. The summed E-state index contributed by atoms with van der Waals surface area (Å²) >= 11 is 6.44. The predicted octanol–water partition coefficient (Wildman–Crippen LogP) is 6.32. The number of nitrogens with one attached hydrogen (secondary N) is 1. The maximum Gasteiger partial charge on any atom is 0.264 e. The molecule has 4 rings (SSSR count). The third kappa shape index (κ3) is 7.87. The highest BCUT2D eigenvalue weighted by Gasteiger charge is 2.35. The van der Waals surface area contributed by atoms with Gasteiger partial charge in [-0.3, -0.25) is 13.9 Å². The van der Waals surface area contributed by atoms with Crippen molar-refractivity contribution >= 4 is 39.1 Å². The summed E-state index contributed by atoms with van der Waals surface area (Å²) in [7, 11) is -4.20. The largest absolute Gasteiger partial charge is 0.352 e. The third-order valence-corrected chi connectivity index (χ3v) is 9.61. The maximum absolute atomic E-state index is 14.5. The molecule has 0 aromatic heterocycles. The number of anilines is 1. The first-order valence-corrected chi connectivity index (χ1v) is 16.3. The average molecular weight is 632 g/mol. The minimum absolute atomic E-state index is 0.0380. The second-order valence-electron chi connectivity index (χ2n) is 11.0. The molecule has 7 nitrogen and oxygen atoms in total. The van der Waals surface area contributed by atoms with Crippen LogP contribution in [0.3, 0.4) is 0 Å². The number of hydrogen-bond donors (Lipinski definition) is 1. The standard InChI is InChI=1S/C35H38ClN3O4S/c1-25(2)37-35(41)33(22-28-15-7-5-8-16-28)38(23-29-17-12-11-14-26(29)3)34(40)24-39(32-21-13-20-31(36)27(32)4)44(42,43)30-18-9-6-10-19-30/h5-21,25,33H,22-24H2,1-4H3,(H,37,41). The van der Waals surface area contributed by atoms with Crippen LogP contribution in [-0.2, 0) is 32.6 Å². The molecule has 0 spiro atoms. The number of benzene rings is 4. The Morgan fingerprint density at radius 1 is 0.818 bits per heavy atom. The van der Waals surface area contributed by atoms with Crippen LogP contribution < -0.4 is 9.62 Å². The Morgan fingerprint density at radius 2 is 1.43 bits per heavy atom. The number of halogens is 1. The van der Waals surface area contributed by atoms with E-state index < -0.39 is 28.5 Å². The van der Waals surface area contributed by atoms with Crippen molar-refractivity contribution in [3.05, 3.63) is 130 Å². The molecule has 1 unspecified atom stereocenters. The molecule has 0 saturated heterocycles. The zero-order chi connectivity index (χ0) is 31.9. The van der Waals surface area contributed by atoms with Crippen LogP contribution in [0.4, 0.5) is 5.69 Å². The molecule has 0 saturated carbocycles. The molecule has 0 aliphatic heterocycles. The van der Waals surface area contributed by atoms with Gasteiger partial charge < -0.3 is 10.2 Å². The van der Waals surface area contributed by atoms with Gasteiger partial charge in [0.25, 0.3) is 10.0 Å². The molecule has 0 heterocycles. The molecular weight excluding hydrogens is 594 g/mol. The minimum Gasteiger partial charge on any atom is -0.352 e. The first-order chi connectivity index (χ1) is 21.0. The smallest absolute Gasteiger partial charge is 0.264 e. The van der Waals surface area contributed by atoms with Gasteiger partial charge in [-0.15, -0.1) is 0 Å². The van der Waals surface area contributed by atoms with E-state index in [0.717, 1.165) is 21.0 Å². The van der Waals surface area contributed by atoms with Gasteiger partial charge in [-0.1, -0.05) is 90.5 Å². The van der Waals surface area contributed by atoms with Gasteiger partial charge in [0.05, 0.1) is 10.6 Å². The highest BCUT2D eigenvalue weighted by atomic mass is 35.5. The summed E-state index contributed by atoms with van der Waals surface area (Å²) in [4.78, 5) is 29.9. The minimum atomic E-state index is -4.20. The molecule has 0 radical (unpaired) electrons. The van der Waals surface area contributed by atoms with Crippen molar-refractivity contribution < 1.29 is 18.0 Å². The van der Waals surface area contributed by atoms with Crippen LogP contribution in [0.5, 0.6) is 0 Å². The summed E-state index contributed by atoms with van der Waals surface area (Å²) < 4.78 is 29.4. The molecule has 1 atom stereocenters. The van der Waals surface area contributed by atoms with E-state index in [9.17, 15) is 18.0 Å². The van der Waals surface area contributed by atoms with E-state index in [4.69, 9.17) is 11.6 Å². The molecule has 0 aliphatic rings. The van der Waals surface area contributed by atoms with Gasteiger partial charge in [-0.25, -0.2) is 8.42 Å². The van der Waals surface area contributed by atoms with Crippen LogP contribution in [-0.4, -0.2) is 43.8 Å². The van der Waals surface area contributed by atoms with Crippen LogP contribution in [0.1, 0.15) is 36.1 Å². The van der Waals surface area contributed by atoms with E-state index in [1.54, 1.807) is 43.3 Å². The van der Waals surface area contributed by atoms with E-state index in [0.29, 0.717) is 10.6 Å². The highest BCUT2D eigenvalue weighted by Crippen LogP contribution is 2.31. The Kier molecular flexibility index (Phi) is 10.8. The molecule has 0 bridgehead atoms. The summed E-state index contributed by atoms with van der Waals surface area (Å²) in [5, 5.41) is 3.35. The molecule has 4 aromatic carbocycles. The highest BCUT2D eigenvalue weighted by molar-refractivity contribution is 7.92. The lowest BCUT2D eigenvalue weighted by molar-refractivity contribution is -0.140. The fourth-order valence-corrected chi connectivity index (χ4v) is 6.67. The lowest BCUT2D eigenvalue weighted by Gasteiger charge is -2.34. The second-order valence-corrected chi connectivity index (χ2v) is 13.3. The van der Waals surface area contributed by atoms with Crippen molar-refractivity contribution in [2.45, 2.75) is 57.6 Å². The number of carbonyl (C=O) groups is 2. The normalized spacial score (nSPS) is 12.0. The second kappa shape index (κ2) is 14.6. The third-order valence-electron chi connectivity index (χ3n) is 7.42. The molecule has 4 aromatic rings. The number of rotatable bonds is 12. The Balaban J connectivity index is 1.84. The van der Waals surface area contributed by atoms with Crippen molar-refractivity contribution in [2.24, 2.45) is 0 Å². The number of aryl methyl sites for hydroxylation is 1. The number of carbonyl (C=O) groups excluding carboxylic acids is 2. The van der Waals surface area contributed by atoms with Crippen molar-refractivity contribution in [2.75, 3.05) is 10.8 Å². The molecule has 0 fully saturated rings. The van der Waals surface area contributed by atoms with Crippen LogP contribution in [0.2, 0.25) is 5.02 Å². The monoisotopic (exact) mass is 631 g/mol. The summed E-state index contributed by atoms with van der Waals surface area (Å²) in [6, 6.07) is 29.0. The van der Waals surface area contributed by atoms with E-state index in [2.05, 4.69) is 5.32 Å². The molecule has 0 aliphatic carbocycles. The topological polar surface area (TPSA) is 86.8 Å². The van der Waals surface area contributed by atoms with Gasteiger partial charge in [0, 0.05) is 24.0 Å². The van der Waals surface area contributed by atoms with Crippen molar-refractivity contribution in [3.63, 3.8) is 0 Å². The summed E-state index contributed by atoms with van der Waals surface area (Å²) in [6.45, 7) is 6.96. The van der Waals surface area contributed by atoms with E-state index >= 15 is 0 Å². The van der Waals surface area contributed by atoms with Gasteiger partial charge in [-0.05, 0) is 74.2 Å². The van der Waals surface area contributed by atoms with Gasteiger partial charge >= 0.3 is 0 Å². The SMILES string of the molecule is Cc1ccccc1CN(C(=O)CN(c1cccc(Cl)c1C)S(=O)(=O)c1ccccc1)C(Cc1ccccc1)C(=O)NC(C)C. The summed E-state index contributed by atoms with van der Waals surface area (Å²) in [5.41, 5.74) is 3.49. The quantitative estimate of drug-likeness (QED) is 0.198.